The first-order valence-corrected chi connectivity index (χ1v) is 8.75. The molecular weight excluding hydrogens is 308 g/mol. The predicted molar refractivity (Wildman–Crippen MR) is 93.7 cm³/mol. The average molecular weight is 330 g/mol. The third kappa shape index (κ3) is 4.30. The van der Waals surface area contributed by atoms with Crippen molar-refractivity contribution >= 4 is 23.1 Å². The standard InChI is InChI=1S/C17H22N4OS/c1-19(13-15-5-4-12-23-15)14-17(22)21-10-8-20(9-11-21)16-6-2-3-7-18-16/h2-7,12H,8-11,13-14H2,1H3. The van der Waals surface area contributed by atoms with E-state index in [9.17, 15) is 4.79 Å². The molecule has 1 fully saturated rings. The van der Waals surface area contributed by atoms with Crippen molar-refractivity contribution in [2.24, 2.45) is 0 Å². The Bertz CT molecular complexity index is 609. The number of amides is 1. The normalized spacial score (nSPS) is 15.2. The summed E-state index contributed by atoms with van der Waals surface area (Å²) in [6.07, 6.45) is 1.81. The molecule has 0 N–H and O–H groups in total. The van der Waals surface area contributed by atoms with Gasteiger partial charge in [-0.25, -0.2) is 4.98 Å². The van der Waals surface area contributed by atoms with Crippen molar-refractivity contribution in [3.63, 3.8) is 0 Å². The molecule has 122 valence electrons. The maximum Gasteiger partial charge on any atom is 0.236 e. The van der Waals surface area contributed by atoms with Gasteiger partial charge in [-0.3, -0.25) is 9.69 Å². The topological polar surface area (TPSA) is 39.7 Å². The van der Waals surface area contributed by atoms with E-state index in [2.05, 4.69) is 26.2 Å². The fourth-order valence-electron chi connectivity index (χ4n) is 2.78. The monoisotopic (exact) mass is 330 g/mol. The van der Waals surface area contributed by atoms with Crippen molar-refractivity contribution in [1.82, 2.24) is 14.8 Å². The van der Waals surface area contributed by atoms with Gasteiger partial charge in [0, 0.05) is 43.8 Å². The van der Waals surface area contributed by atoms with Crippen LogP contribution in [0.25, 0.3) is 0 Å². The highest BCUT2D eigenvalue weighted by atomic mass is 32.1. The number of pyridine rings is 1. The Morgan fingerprint density at radius 2 is 2.04 bits per heavy atom. The number of hydrogen-bond donors (Lipinski definition) is 0. The lowest BCUT2D eigenvalue weighted by molar-refractivity contribution is -0.132. The van der Waals surface area contributed by atoms with Crippen LogP contribution in [0.4, 0.5) is 5.82 Å². The quantitative estimate of drug-likeness (QED) is 0.840. The second kappa shape index (κ2) is 7.57. The lowest BCUT2D eigenvalue weighted by atomic mass is 10.3. The molecule has 1 amide bonds. The maximum absolute atomic E-state index is 12.4. The highest BCUT2D eigenvalue weighted by Crippen LogP contribution is 2.14. The van der Waals surface area contributed by atoms with Crippen LogP contribution in [0.5, 0.6) is 0 Å². The Balaban J connectivity index is 1.46. The van der Waals surface area contributed by atoms with Crippen molar-refractivity contribution in [3.05, 3.63) is 46.8 Å². The number of aromatic nitrogens is 1. The first kappa shape index (κ1) is 16.0. The lowest BCUT2D eigenvalue weighted by Crippen LogP contribution is -2.51. The smallest absolute Gasteiger partial charge is 0.236 e. The van der Waals surface area contributed by atoms with Crippen LogP contribution in [0.1, 0.15) is 4.88 Å². The molecule has 5 nitrogen and oxygen atoms in total. The summed E-state index contributed by atoms with van der Waals surface area (Å²) in [5.74, 6) is 1.21. The summed E-state index contributed by atoms with van der Waals surface area (Å²) in [4.78, 5) is 24.4. The van der Waals surface area contributed by atoms with Crippen LogP contribution < -0.4 is 4.90 Å². The molecule has 1 saturated heterocycles. The zero-order valence-corrected chi connectivity index (χ0v) is 14.2. The van der Waals surface area contributed by atoms with Gasteiger partial charge < -0.3 is 9.80 Å². The molecular formula is C17H22N4OS. The minimum atomic E-state index is 0.213. The molecule has 2 aromatic rings. The van der Waals surface area contributed by atoms with E-state index in [1.165, 1.54) is 4.88 Å². The summed E-state index contributed by atoms with van der Waals surface area (Å²) >= 11 is 1.73. The second-order valence-electron chi connectivity index (χ2n) is 5.81. The highest BCUT2D eigenvalue weighted by molar-refractivity contribution is 7.09. The molecule has 23 heavy (non-hydrogen) atoms. The van der Waals surface area contributed by atoms with Gasteiger partial charge in [-0.2, -0.15) is 0 Å². The number of hydrogen-bond acceptors (Lipinski definition) is 5. The van der Waals surface area contributed by atoms with E-state index in [0.717, 1.165) is 38.5 Å². The summed E-state index contributed by atoms with van der Waals surface area (Å²) in [5.41, 5.74) is 0. The van der Waals surface area contributed by atoms with Crippen LogP contribution in [0, 0.1) is 0 Å². The molecule has 3 heterocycles. The van der Waals surface area contributed by atoms with Gasteiger partial charge in [0.2, 0.25) is 5.91 Å². The number of anilines is 1. The van der Waals surface area contributed by atoms with Crippen molar-refractivity contribution in [2.45, 2.75) is 6.54 Å². The Morgan fingerprint density at radius 3 is 2.70 bits per heavy atom. The predicted octanol–water partition coefficient (Wildman–Crippen LogP) is 1.92. The Hall–Kier alpha value is -1.92. The van der Waals surface area contributed by atoms with Crippen molar-refractivity contribution in [3.8, 4) is 0 Å². The summed E-state index contributed by atoms with van der Waals surface area (Å²) in [6.45, 7) is 4.53. The number of likely N-dealkylation sites (N-methyl/N-ethyl adjacent to an activating group) is 1. The van der Waals surface area contributed by atoms with Gasteiger partial charge in [-0.15, -0.1) is 11.3 Å². The van der Waals surface area contributed by atoms with E-state index in [0.29, 0.717) is 6.54 Å². The molecule has 3 rings (SSSR count). The van der Waals surface area contributed by atoms with Gasteiger partial charge in [0.25, 0.3) is 0 Å². The number of carbonyl (C=O) groups excluding carboxylic acids is 1. The van der Waals surface area contributed by atoms with Crippen LogP contribution in [-0.4, -0.2) is 60.5 Å². The molecule has 1 aliphatic heterocycles. The van der Waals surface area contributed by atoms with E-state index >= 15 is 0 Å². The van der Waals surface area contributed by atoms with E-state index in [-0.39, 0.29) is 5.91 Å². The summed E-state index contributed by atoms with van der Waals surface area (Å²) in [7, 11) is 2.00. The van der Waals surface area contributed by atoms with Crippen LogP contribution in [0.15, 0.2) is 41.9 Å². The van der Waals surface area contributed by atoms with Crippen LogP contribution in [0.2, 0.25) is 0 Å². The fourth-order valence-corrected chi connectivity index (χ4v) is 3.57. The third-order valence-corrected chi connectivity index (χ3v) is 4.88. The highest BCUT2D eigenvalue weighted by Gasteiger charge is 2.22. The number of thiophene rings is 1. The van der Waals surface area contributed by atoms with Crippen LogP contribution in [-0.2, 0) is 11.3 Å². The van der Waals surface area contributed by atoms with Gasteiger partial charge >= 0.3 is 0 Å². The van der Waals surface area contributed by atoms with Crippen LogP contribution >= 0.6 is 11.3 Å². The zero-order chi connectivity index (χ0) is 16.1. The number of piperazine rings is 1. The van der Waals surface area contributed by atoms with Gasteiger partial charge in [0.1, 0.15) is 5.82 Å². The average Bonchev–Trinajstić information content (AvgIpc) is 3.08. The van der Waals surface area contributed by atoms with Crippen molar-refractivity contribution in [1.29, 1.82) is 0 Å². The van der Waals surface area contributed by atoms with E-state index in [4.69, 9.17) is 0 Å². The molecule has 0 aliphatic carbocycles. The van der Waals surface area contributed by atoms with Crippen molar-refractivity contribution in [2.75, 3.05) is 44.7 Å². The SMILES string of the molecule is CN(CC(=O)N1CCN(c2ccccn2)CC1)Cc1cccs1. The number of nitrogens with zero attached hydrogens (tertiary/aromatic N) is 4. The fraction of sp³-hybridized carbons (Fsp3) is 0.412. The van der Waals surface area contributed by atoms with E-state index < -0.39 is 0 Å². The Labute approximate surface area is 141 Å². The van der Waals surface area contributed by atoms with Gasteiger partial charge in [-0.1, -0.05) is 12.1 Å². The van der Waals surface area contributed by atoms with Crippen molar-refractivity contribution < 1.29 is 4.79 Å². The maximum atomic E-state index is 12.4. The van der Waals surface area contributed by atoms with E-state index in [1.54, 1.807) is 11.3 Å². The second-order valence-corrected chi connectivity index (χ2v) is 6.84. The summed E-state index contributed by atoms with van der Waals surface area (Å²) in [6, 6.07) is 10.1. The largest absolute Gasteiger partial charge is 0.353 e. The molecule has 0 bridgehead atoms. The van der Waals surface area contributed by atoms with Gasteiger partial charge in [0.15, 0.2) is 0 Å². The first-order valence-electron chi connectivity index (χ1n) is 7.87. The molecule has 0 spiro atoms. The summed E-state index contributed by atoms with van der Waals surface area (Å²) < 4.78 is 0. The molecule has 6 heteroatoms. The summed E-state index contributed by atoms with van der Waals surface area (Å²) in [5, 5.41) is 2.07. The molecule has 0 unspecified atom stereocenters. The van der Waals surface area contributed by atoms with Gasteiger partial charge in [0.05, 0.1) is 6.54 Å². The minimum absolute atomic E-state index is 0.213. The first-order chi connectivity index (χ1) is 11.2. The molecule has 2 aromatic heterocycles. The molecule has 1 aliphatic rings. The number of rotatable bonds is 5. The minimum Gasteiger partial charge on any atom is -0.353 e. The molecule has 0 aromatic carbocycles. The van der Waals surface area contributed by atoms with E-state index in [1.807, 2.05) is 42.4 Å². The Morgan fingerprint density at radius 1 is 1.22 bits per heavy atom. The van der Waals surface area contributed by atoms with Gasteiger partial charge in [-0.05, 0) is 30.6 Å². The molecule has 0 radical (unpaired) electrons. The zero-order valence-electron chi connectivity index (χ0n) is 13.4. The molecule has 0 saturated carbocycles. The number of carbonyl (C=O) groups is 1. The van der Waals surface area contributed by atoms with Crippen LogP contribution in [0.3, 0.4) is 0 Å². The lowest BCUT2D eigenvalue weighted by Gasteiger charge is -2.36. The Kier molecular flexibility index (Phi) is 5.25. The third-order valence-electron chi connectivity index (χ3n) is 4.02. The molecule has 0 atom stereocenters.